The van der Waals surface area contributed by atoms with Crippen molar-refractivity contribution in [3.8, 4) is 0 Å². The SMILES string of the molecule is C=C(CO[Si](C)(C)C(C)(C)C)c1cnccn1. The van der Waals surface area contributed by atoms with Crippen molar-refractivity contribution in [3.05, 3.63) is 30.9 Å². The minimum atomic E-state index is -1.71. The molecule has 1 rings (SSSR count). The first-order valence-electron chi connectivity index (χ1n) is 5.82. The van der Waals surface area contributed by atoms with E-state index in [1.165, 1.54) is 0 Å². The first-order chi connectivity index (χ1) is 7.74. The van der Waals surface area contributed by atoms with Gasteiger partial charge in [0.15, 0.2) is 8.32 Å². The van der Waals surface area contributed by atoms with E-state index in [-0.39, 0.29) is 5.04 Å². The van der Waals surface area contributed by atoms with Gasteiger partial charge in [0.25, 0.3) is 0 Å². The predicted molar refractivity (Wildman–Crippen MR) is 74.2 cm³/mol. The Hall–Kier alpha value is -1.00. The van der Waals surface area contributed by atoms with Crippen molar-refractivity contribution in [1.29, 1.82) is 0 Å². The third-order valence-corrected chi connectivity index (χ3v) is 7.82. The summed E-state index contributed by atoms with van der Waals surface area (Å²) in [7, 11) is -1.71. The average Bonchev–Trinajstić information content (AvgIpc) is 2.25. The van der Waals surface area contributed by atoms with Crippen molar-refractivity contribution >= 4 is 13.9 Å². The Morgan fingerprint density at radius 2 is 2.00 bits per heavy atom. The third kappa shape index (κ3) is 3.75. The van der Waals surface area contributed by atoms with Crippen molar-refractivity contribution in [3.63, 3.8) is 0 Å². The van der Waals surface area contributed by atoms with Crippen LogP contribution in [0.15, 0.2) is 25.2 Å². The normalized spacial score (nSPS) is 12.5. The van der Waals surface area contributed by atoms with Crippen LogP contribution in [0.1, 0.15) is 26.5 Å². The van der Waals surface area contributed by atoms with Gasteiger partial charge in [-0.25, -0.2) is 0 Å². The second-order valence-electron chi connectivity index (χ2n) is 5.74. The minimum Gasteiger partial charge on any atom is -0.412 e. The molecule has 0 spiro atoms. The first kappa shape index (κ1) is 14.1. The van der Waals surface area contributed by atoms with Gasteiger partial charge >= 0.3 is 0 Å². The molecule has 94 valence electrons. The van der Waals surface area contributed by atoms with Gasteiger partial charge in [0.1, 0.15) is 0 Å². The van der Waals surface area contributed by atoms with Gasteiger partial charge in [-0.1, -0.05) is 27.4 Å². The van der Waals surface area contributed by atoms with E-state index in [1.807, 2.05) is 0 Å². The van der Waals surface area contributed by atoms with E-state index in [1.54, 1.807) is 18.6 Å². The van der Waals surface area contributed by atoms with E-state index in [2.05, 4.69) is 50.4 Å². The van der Waals surface area contributed by atoms with Gasteiger partial charge in [0.05, 0.1) is 18.5 Å². The molecule has 0 N–H and O–H groups in total. The van der Waals surface area contributed by atoms with Crippen LogP contribution in [0, 0.1) is 0 Å². The Kier molecular flexibility index (Phi) is 4.22. The summed E-state index contributed by atoms with van der Waals surface area (Å²) in [5.74, 6) is 0. The Morgan fingerprint density at radius 1 is 1.35 bits per heavy atom. The Morgan fingerprint density at radius 3 is 2.47 bits per heavy atom. The average molecular weight is 250 g/mol. The van der Waals surface area contributed by atoms with Gasteiger partial charge in [-0.2, -0.15) is 0 Å². The highest BCUT2D eigenvalue weighted by atomic mass is 28.4. The fraction of sp³-hybridized carbons (Fsp3) is 0.538. The molecule has 0 aliphatic rings. The van der Waals surface area contributed by atoms with Gasteiger partial charge in [-0.15, -0.1) is 0 Å². The highest BCUT2D eigenvalue weighted by Crippen LogP contribution is 2.36. The molecule has 0 saturated carbocycles. The van der Waals surface area contributed by atoms with Gasteiger partial charge in [-0.3, -0.25) is 9.97 Å². The minimum absolute atomic E-state index is 0.218. The fourth-order valence-corrected chi connectivity index (χ4v) is 2.01. The number of rotatable bonds is 4. The molecule has 0 fully saturated rings. The van der Waals surface area contributed by atoms with Crippen molar-refractivity contribution in [2.45, 2.75) is 38.9 Å². The molecule has 0 aliphatic carbocycles. The Bertz CT molecular complexity index is 382. The topological polar surface area (TPSA) is 35.0 Å². The highest BCUT2D eigenvalue weighted by molar-refractivity contribution is 6.74. The molecule has 0 aliphatic heterocycles. The van der Waals surface area contributed by atoms with Gasteiger partial charge in [0, 0.05) is 12.4 Å². The van der Waals surface area contributed by atoms with Crippen LogP contribution < -0.4 is 0 Å². The summed E-state index contributed by atoms with van der Waals surface area (Å²) in [6.07, 6.45) is 5.05. The lowest BCUT2D eigenvalue weighted by molar-refractivity contribution is 0.334. The molecule has 17 heavy (non-hydrogen) atoms. The van der Waals surface area contributed by atoms with Crippen LogP contribution >= 0.6 is 0 Å². The molecule has 0 radical (unpaired) electrons. The fourth-order valence-electron chi connectivity index (χ4n) is 1.04. The van der Waals surface area contributed by atoms with Crippen LogP contribution in [0.5, 0.6) is 0 Å². The van der Waals surface area contributed by atoms with E-state index in [9.17, 15) is 0 Å². The molecule has 1 aromatic heterocycles. The maximum absolute atomic E-state index is 6.08. The molecule has 3 nitrogen and oxygen atoms in total. The maximum Gasteiger partial charge on any atom is 0.192 e. The van der Waals surface area contributed by atoms with Crippen molar-refractivity contribution in [1.82, 2.24) is 9.97 Å². The third-order valence-electron chi connectivity index (χ3n) is 3.34. The van der Waals surface area contributed by atoms with Gasteiger partial charge < -0.3 is 4.43 Å². The summed E-state index contributed by atoms with van der Waals surface area (Å²) in [5.41, 5.74) is 1.70. The largest absolute Gasteiger partial charge is 0.412 e. The molecule has 1 heterocycles. The monoisotopic (exact) mass is 250 g/mol. The van der Waals surface area contributed by atoms with E-state index >= 15 is 0 Å². The smallest absolute Gasteiger partial charge is 0.192 e. The quantitative estimate of drug-likeness (QED) is 0.767. The summed E-state index contributed by atoms with van der Waals surface area (Å²) < 4.78 is 6.08. The lowest BCUT2D eigenvalue weighted by atomic mass is 10.2. The molecule has 0 saturated heterocycles. The standard InChI is InChI=1S/C13H22N2OSi/c1-11(12-9-14-7-8-15-12)10-16-17(5,6)13(2,3)4/h7-9H,1,10H2,2-6H3. The highest BCUT2D eigenvalue weighted by Gasteiger charge is 2.37. The zero-order valence-corrected chi connectivity index (χ0v) is 12.4. The molecular formula is C13H22N2OSi. The summed E-state index contributed by atoms with van der Waals surface area (Å²) in [5, 5.41) is 0.218. The molecule has 0 unspecified atom stereocenters. The van der Waals surface area contributed by atoms with Crippen LogP contribution in [0.3, 0.4) is 0 Å². The van der Waals surface area contributed by atoms with Crippen molar-refractivity contribution in [2.75, 3.05) is 6.61 Å². The number of nitrogens with zero attached hydrogens (tertiary/aromatic N) is 2. The summed E-state index contributed by atoms with van der Waals surface area (Å²) in [6, 6.07) is 0. The van der Waals surface area contributed by atoms with Crippen LogP contribution in [-0.4, -0.2) is 24.9 Å². The van der Waals surface area contributed by atoms with E-state index < -0.39 is 8.32 Å². The van der Waals surface area contributed by atoms with E-state index in [4.69, 9.17) is 4.43 Å². The lowest BCUT2D eigenvalue weighted by Crippen LogP contribution is -2.41. The second-order valence-corrected chi connectivity index (χ2v) is 10.6. The lowest BCUT2D eigenvalue weighted by Gasteiger charge is -2.36. The summed E-state index contributed by atoms with van der Waals surface area (Å²) in [4.78, 5) is 8.25. The van der Waals surface area contributed by atoms with Crippen molar-refractivity contribution < 1.29 is 4.43 Å². The molecule has 0 bridgehead atoms. The zero-order valence-electron chi connectivity index (χ0n) is 11.4. The molecule has 0 amide bonds. The summed E-state index contributed by atoms with van der Waals surface area (Å²) in [6.45, 7) is 15.7. The van der Waals surface area contributed by atoms with Gasteiger partial charge in [0.2, 0.25) is 0 Å². The number of aromatic nitrogens is 2. The molecule has 0 aromatic carbocycles. The Labute approximate surface area is 105 Å². The Balaban J connectivity index is 2.61. The van der Waals surface area contributed by atoms with Crippen LogP contribution in [-0.2, 0) is 4.43 Å². The maximum atomic E-state index is 6.08. The van der Waals surface area contributed by atoms with Crippen LogP contribution in [0.2, 0.25) is 18.1 Å². The number of hydrogen-bond acceptors (Lipinski definition) is 3. The first-order valence-corrected chi connectivity index (χ1v) is 8.73. The second kappa shape index (κ2) is 5.10. The van der Waals surface area contributed by atoms with Crippen LogP contribution in [0.4, 0.5) is 0 Å². The van der Waals surface area contributed by atoms with E-state index in [0.29, 0.717) is 6.61 Å². The molecule has 1 aromatic rings. The molecule has 4 heteroatoms. The zero-order chi connectivity index (χ0) is 13.1. The molecule has 0 atom stereocenters. The summed E-state index contributed by atoms with van der Waals surface area (Å²) >= 11 is 0. The molecular weight excluding hydrogens is 228 g/mol. The van der Waals surface area contributed by atoms with Gasteiger partial charge in [-0.05, 0) is 23.7 Å². The van der Waals surface area contributed by atoms with E-state index in [0.717, 1.165) is 11.3 Å². The number of hydrogen-bond donors (Lipinski definition) is 0. The van der Waals surface area contributed by atoms with Crippen molar-refractivity contribution in [2.24, 2.45) is 0 Å². The predicted octanol–water partition coefficient (Wildman–Crippen LogP) is 3.51. The van der Waals surface area contributed by atoms with Crippen LogP contribution in [0.25, 0.3) is 5.57 Å².